The van der Waals surface area contributed by atoms with Gasteiger partial charge in [0.2, 0.25) is 0 Å². The molecule has 1 unspecified atom stereocenters. The second-order valence-corrected chi connectivity index (χ2v) is 5.39. The van der Waals surface area contributed by atoms with Gasteiger partial charge in [0.05, 0.1) is 6.04 Å². The Bertz CT molecular complexity index is 358. The van der Waals surface area contributed by atoms with E-state index in [1.807, 2.05) is 25.4 Å². The molecule has 0 spiro atoms. The number of urea groups is 1. The van der Waals surface area contributed by atoms with Gasteiger partial charge in [-0.1, -0.05) is 12.2 Å². The van der Waals surface area contributed by atoms with Crippen molar-refractivity contribution in [3.8, 4) is 0 Å². The highest BCUT2D eigenvalue weighted by Crippen LogP contribution is 2.08. The summed E-state index contributed by atoms with van der Waals surface area (Å²) in [4.78, 5) is 16.2. The van der Waals surface area contributed by atoms with Crippen LogP contribution in [0.3, 0.4) is 0 Å². The van der Waals surface area contributed by atoms with Crippen molar-refractivity contribution in [3.05, 3.63) is 24.4 Å². The summed E-state index contributed by atoms with van der Waals surface area (Å²) in [5, 5.41) is 6.01. The summed E-state index contributed by atoms with van der Waals surface area (Å²) in [5.41, 5.74) is 0. The molecule has 2 aliphatic heterocycles. The van der Waals surface area contributed by atoms with Crippen molar-refractivity contribution in [2.45, 2.75) is 24.9 Å². The van der Waals surface area contributed by atoms with Gasteiger partial charge in [0.25, 0.3) is 0 Å². The fourth-order valence-corrected chi connectivity index (χ4v) is 2.42. The van der Waals surface area contributed by atoms with E-state index >= 15 is 0 Å². The van der Waals surface area contributed by atoms with Gasteiger partial charge in [-0.25, -0.2) is 4.79 Å². The molecular weight excluding hydrogens is 240 g/mol. The van der Waals surface area contributed by atoms with E-state index in [2.05, 4.69) is 33.6 Å². The van der Waals surface area contributed by atoms with Gasteiger partial charge in [0.15, 0.2) is 0 Å². The van der Waals surface area contributed by atoms with Gasteiger partial charge in [0.1, 0.15) is 0 Å². The highest BCUT2D eigenvalue weighted by molar-refractivity contribution is 5.74. The summed E-state index contributed by atoms with van der Waals surface area (Å²) in [6.45, 7) is 2.75. The van der Waals surface area contributed by atoms with E-state index in [1.165, 1.54) is 0 Å². The van der Waals surface area contributed by atoms with Crippen molar-refractivity contribution in [1.82, 2.24) is 20.4 Å². The number of allylic oxidation sites excluding steroid dienone is 2. The molecular formula is C14H24N4O. The molecule has 5 nitrogen and oxygen atoms in total. The molecule has 0 aromatic heterocycles. The number of likely N-dealkylation sites (tertiary alicyclic amines) is 1. The first kappa shape index (κ1) is 13.9. The van der Waals surface area contributed by atoms with E-state index in [4.69, 9.17) is 0 Å². The molecule has 5 heteroatoms. The first-order valence-corrected chi connectivity index (χ1v) is 6.95. The maximum absolute atomic E-state index is 11.8. The smallest absolute Gasteiger partial charge is 0.315 e. The Labute approximate surface area is 115 Å². The number of amides is 2. The molecule has 2 amide bonds. The number of nitrogens with one attached hydrogen (secondary N) is 2. The minimum absolute atomic E-state index is 0.0501. The van der Waals surface area contributed by atoms with E-state index in [9.17, 15) is 4.79 Å². The van der Waals surface area contributed by atoms with Crippen LogP contribution in [0.5, 0.6) is 0 Å². The van der Waals surface area contributed by atoms with Crippen LogP contribution < -0.4 is 10.6 Å². The molecule has 2 N–H and O–H groups in total. The molecule has 0 radical (unpaired) electrons. The lowest BCUT2D eigenvalue weighted by atomic mass is 10.1. The van der Waals surface area contributed by atoms with Crippen molar-refractivity contribution >= 4 is 6.03 Å². The van der Waals surface area contributed by atoms with Crippen molar-refractivity contribution < 1.29 is 4.79 Å². The third-order valence-electron chi connectivity index (χ3n) is 3.81. The number of carbonyl (C=O) groups excluding carboxylic acids is 1. The zero-order valence-electron chi connectivity index (χ0n) is 11.8. The van der Waals surface area contributed by atoms with Crippen molar-refractivity contribution in [1.29, 1.82) is 0 Å². The van der Waals surface area contributed by atoms with E-state index in [0.29, 0.717) is 12.6 Å². The Balaban J connectivity index is 1.67. The molecule has 0 saturated carbocycles. The maximum atomic E-state index is 11.8. The molecule has 2 heterocycles. The molecule has 1 fully saturated rings. The van der Waals surface area contributed by atoms with Crippen molar-refractivity contribution in [2.75, 3.05) is 33.7 Å². The van der Waals surface area contributed by atoms with E-state index in [1.54, 1.807) is 0 Å². The summed E-state index contributed by atoms with van der Waals surface area (Å²) in [6, 6.07) is 0.509. The number of rotatable bonds is 3. The lowest BCUT2D eigenvalue weighted by Gasteiger charge is -2.30. The molecule has 0 aromatic carbocycles. The molecule has 19 heavy (non-hydrogen) atoms. The highest BCUT2D eigenvalue weighted by atomic mass is 16.2. The summed E-state index contributed by atoms with van der Waals surface area (Å²) in [6.07, 6.45) is 10.2. The van der Waals surface area contributed by atoms with E-state index in [-0.39, 0.29) is 12.1 Å². The minimum Gasteiger partial charge on any atom is -0.372 e. The van der Waals surface area contributed by atoms with Gasteiger partial charge >= 0.3 is 6.03 Å². The van der Waals surface area contributed by atoms with Gasteiger partial charge in [-0.05, 0) is 45.3 Å². The molecule has 0 aromatic rings. The average Bonchev–Trinajstić information content (AvgIpc) is 2.40. The molecule has 1 atom stereocenters. The molecule has 1 saturated heterocycles. The molecule has 0 aliphatic carbocycles. The van der Waals surface area contributed by atoms with Gasteiger partial charge in [0, 0.05) is 19.6 Å². The third-order valence-corrected chi connectivity index (χ3v) is 3.81. The normalized spacial score (nSPS) is 24.5. The summed E-state index contributed by atoms with van der Waals surface area (Å²) in [7, 11) is 4.14. The molecule has 2 rings (SSSR count). The third kappa shape index (κ3) is 4.28. The van der Waals surface area contributed by atoms with Crippen LogP contribution >= 0.6 is 0 Å². The minimum atomic E-state index is -0.0501. The lowest BCUT2D eigenvalue weighted by molar-refractivity contribution is 0.212. The van der Waals surface area contributed by atoms with Crippen LogP contribution in [0, 0.1) is 0 Å². The topological polar surface area (TPSA) is 47.6 Å². The Morgan fingerprint density at radius 2 is 2.00 bits per heavy atom. The van der Waals surface area contributed by atoms with Crippen LogP contribution in [0.25, 0.3) is 0 Å². The predicted octanol–water partition coefficient (Wildman–Crippen LogP) is 0.764. The average molecular weight is 264 g/mol. The van der Waals surface area contributed by atoms with E-state index in [0.717, 1.165) is 25.9 Å². The Hall–Kier alpha value is -1.49. The van der Waals surface area contributed by atoms with Crippen LogP contribution in [0.4, 0.5) is 4.79 Å². The molecule has 106 valence electrons. The predicted molar refractivity (Wildman–Crippen MR) is 76.9 cm³/mol. The van der Waals surface area contributed by atoms with Gasteiger partial charge in [-0.15, -0.1) is 0 Å². The van der Waals surface area contributed by atoms with Crippen LogP contribution in [0.2, 0.25) is 0 Å². The zero-order chi connectivity index (χ0) is 13.7. The van der Waals surface area contributed by atoms with Gasteiger partial charge < -0.3 is 20.4 Å². The second-order valence-electron chi connectivity index (χ2n) is 5.39. The Morgan fingerprint density at radius 3 is 2.68 bits per heavy atom. The number of hydrogen-bond acceptors (Lipinski definition) is 3. The number of nitrogens with zero attached hydrogens (tertiary/aromatic N) is 2. The Kier molecular flexibility index (Phi) is 4.85. The highest BCUT2D eigenvalue weighted by Gasteiger charge is 2.19. The fraction of sp³-hybridized carbons (Fsp3) is 0.643. The lowest BCUT2D eigenvalue weighted by Crippen LogP contribution is -2.49. The van der Waals surface area contributed by atoms with E-state index < -0.39 is 0 Å². The molecule has 2 aliphatic rings. The van der Waals surface area contributed by atoms with Crippen molar-refractivity contribution in [2.24, 2.45) is 0 Å². The number of hydrogen-bond donors (Lipinski definition) is 2. The summed E-state index contributed by atoms with van der Waals surface area (Å²) in [5.74, 6) is 0. The van der Waals surface area contributed by atoms with Gasteiger partial charge in [-0.3, -0.25) is 0 Å². The maximum Gasteiger partial charge on any atom is 0.315 e. The van der Waals surface area contributed by atoms with Crippen LogP contribution in [-0.2, 0) is 0 Å². The second kappa shape index (κ2) is 6.61. The number of piperidine rings is 1. The van der Waals surface area contributed by atoms with Crippen LogP contribution in [0.1, 0.15) is 12.8 Å². The van der Waals surface area contributed by atoms with Gasteiger partial charge in [-0.2, -0.15) is 0 Å². The first-order valence-electron chi connectivity index (χ1n) is 6.95. The summed E-state index contributed by atoms with van der Waals surface area (Å²) < 4.78 is 0. The fourth-order valence-electron chi connectivity index (χ4n) is 2.42. The van der Waals surface area contributed by atoms with Crippen molar-refractivity contribution in [3.63, 3.8) is 0 Å². The molecule has 0 bridgehead atoms. The first-order chi connectivity index (χ1) is 9.15. The van der Waals surface area contributed by atoms with Crippen LogP contribution in [-0.4, -0.2) is 61.6 Å². The quantitative estimate of drug-likeness (QED) is 0.791. The summed E-state index contributed by atoms with van der Waals surface area (Å²) >= 11 is 0. The largest absolute Gasteiger partial charge is 0.372 e. The monoisotopic (exact) mass is 264 g/mol. The zero-order valence-corrected chi connectivity index (χ0v) is 11.8. The number of likely N-dealkylation sites (N-methyl/N-ethyl adjacent to an activating group) is 1. The SMILES string of the molecule is CN1CCC(NC(=O)NCC2C=CC=CN2C)CC1. The Morgan fingerprint density at radius 1 is 1.26 bits per heavy atom. The standard InChI is InChI=1S/C14H24N4O/c1-17-9-6-12(7-10-17)16-14(19)15-11-13-5-3-4-8-18(13)2/h3-5,8,12-13H,6-7,9-11H2,1-2H3,(H2,15,16,19). The van der Waals surface area contributed by atoms with Crippen LogP contribution in [0.15, 0.2) is 24.4 Å². The number of carbonyl (C=O) groups is 1.